The Bertz CT molecular complexity index is 1370. The van der Waals surface area contributed by atoms with Crippen LogP contribution in [-0.2, 0) is 9.63 Å². The van der Waals surface area contributed by atoms with Gasteiger partial charge in [0.05, 0.1) is 40.2 Å². The molecule has 11 heteroatoms. The third kappa shape index (κ3) is 7.68. The monoisotopic (exact) mass is 588 g/mol. The second kappa shape index (κ2) is 13.9. The van der Waals surface area contributed by atoms with Crippen molar-refractivity contribution in [3.05, 3.63) is 64.2 Å². The molecule has 3 aromatic rings. The lowest BCUT2D eigenvalue weighted by molar-refractivity contribution is -0.155. The lowest BCUT2D eigenvalue weighted by atomic mass is 9.89. The highest BCUT2D eigenvalue weighted by Crippen LogP contribution is 2.37. The van der Waals surface area contributed by atoms with E-state index in [-0.39, 0.29) is 22.3 Å². The fraction of sp³-hybridized carbons (Fsp3) is 0.379. The summed E-state index contributed by atoms with van der Waals surface area (Å²) in [7, 11) is 3.96. The van der Waals surface area contributed by atoms with Crippen molar-refractivity contribution in [1.82, 2.24) is 20.3 Å². The van der Waals surface area contributed by atoms with Gasteiger partial charge in [-0.05, 0) is 63.7 Å². The molecule has 212 valence electrons. The van der Waals surface area contributed by atoms with Crippen LogP contribution >= 0.6 is 23.2 Å². The van der Waals surface area contributed by atoms with Gasteiger partial charge >= 0.3 is 11.9 Å². The van der Waals surface area contributed by atoms with Crippen molar-refractivity contribution in [3.63, 3.8) is 0 Å². The van der Waals surface area contributed by atoms with Gasteiger partial charge in [0.25, 0.3) is 0 Å². The highest BCUT2D eigenvalue weighted by molar-refractivity contribution is 6.33. The van der Waals surface area contributed by atoms with Crippen molar-refractivity contribution in [1.29, 1.82) is 0 Å². The average molecular weight is 589 g/mol. The molecule has 0 atom stereocenters. The average Bonchev–Trinajstić information content (AvgIpc) is 2.95. The minimum Gasteiger partial charge on any atom is -0.492 e. The summed E-state index contributed by atoms with van der Waals surface area (Å²) >= 11 is 12.7. The molecule has 1 saturated carbocycles. The number of pyridine rings is 2. The van der Waals surface area contributed by atoms with Gasteiger partial charge in [0.15, 0.2) is 0 Å². The maximum absolute atomic E-state index is 13.7. The number of ether oxygens (including phenoxy) is 1. The number of nitrogens with one attached hydrogen (secondary N) is 1. The summed E-state index contributed by atoms with van der Waals surface area (Å²) in [5.41, 5.74) is 3.87. The fourth-order valence-electron chi connectivity index (χ4n) is 4.50. The number of nitrogens with zero attached hydrogens (tertiary/aromatic N) is 3. The lowest BCUT2D eigenvalue weighted by Gasteiger charge is -2.19. The number of rotatable bonds is 9. The summed E-state index contributed by atoms with van der Waals surface area (Å²) in [4.78, 5) is 41.2. The normalized spacial score (nSPS) is 13.8. The minimum absolute atomic E-state index is 0.00294. The highest BCUT2D eigenvalue weighted by atomic mass is 35.5. The van der Waals surface area contributed by atoms with E-state index in [0.29, 0.717) is 34.2 Å². The van der Waals surface area contributed by atoms with E-state index >= 15 is 0 Å². The van der Waals surface area contributed by atoms with Crippen molar-refractivity contribution in [2.24, 2.45) is 5.92 Å². The summed E-state index contributed by atoms with van der Waals surface area (Å²) in [6, 6.07) is 9.33. The molecule has 1 aliphatic rings. The van der Waals surface area contributed by atoms with E-state index < -0.39 is 17.7 Å². The standard InChI is InChI=1S/C29H31Cl2FN4O4/c1-36(2)13-6-14-39-25-15-19(9-11-22(25)30)26-21(27-23(31)16-20(32)17-33-27)10-12-24(34-26)28(37)35-40-29(38)18-7-4-3-5-8-18/h9-12,15-18H,3-8,13-14H2,1-2H3,(H,35,37). The van der Waals surface area contributed by atoms with Gasteiger partial charge in [-0.3, -0.25) is 9.78 Å². The first kappa shape index (κ1) is 29.7. The van der Waals surface area contributed by atoms with Crippen molar-refractivity contribution >= 4 is 35.1 Å². The van der Waals surface area contributed by atoms with Gasteiger partial charge in [0.1, 0.15) is 17.3 Å². The molecule has 1 amide bonds. The number of halogens is 3. The van der Waals surface area contributed by atoms with Crippen molar-refractivity contribution < 1.29 is 23.6 Å². The van der Waals surface area contributed by atoms with Crippen molar-refractivity contribution in [3.8, 4) is 28.3 Å². The Morgan fingerprint density at radius 2 is 1.82 bits per heavy atom. The molecule has 4 rings (SSSR count). The third-order valence-corrected chi connectivity index (χ3v) is 7.19. The molecule has 0 spiro atoms. The van der Waals surface area contributed by atoms with E-state index in [9.17, 15) is 14.0 Å². The molecule has 0 aliphatic heterocycles. The second-order valence-corrected chi connectivity index (χ2v) is 10.7. The van der Waals surface area contributed by atoms with E-state index in [1.54, 1.807) is 24.3 Å². The summed E-state index contributed by atoms with van der Waals surface area (Å²) in [5.74, 6) is -1.51. The Hall–Kier alpha value is -3.27. The molecule has 1 aromatic carbocycles. The maximum atomic E-state index is 13.7. The van der Waals surface area contributed by atoms with Crippen LogP contribution in [0.15, 0.2) is 42.6 Å². The number of hydrogen-bond acceptors (Lipinski definition) is 7. The van der Waals surface area contributed by atoms with Crippen LogP contribution in [0.4, 0.5) is 4.39 Å². The Balaban J connectivity index is 1.64. The van der Waals surface area contributed by atoms with Crippen LogP contribution in [-0.4, -0.2) is 54.0 Å². The smallest absolute Gasteiger partial charge is 0.335 e. The number of carbonyl (C=O) groups is 2. The molecule has 0 bridgehead atoms. The number of hydroxylamine groups is 1. The van der Waals surface area contributed by atoms with Crippen molar-refractivity contribution in [2.45, 2.75) is 38.5 Å². The molecule has 1 N–H and O–H groups in total. The van der Waals surface area contributed by atoms with Gasteiger partial charge < -0.3 is 14.5 Å². The van der Waals surface area contributed by atoms with Crippen molar-refractivity contribution in [2.75, 3.05) is 27.2 Å². The molecule has 2 aromatic heterocycles. The zero-order valence-corrected chi connectivity index (χ0v) is 23.9. The molecular formula is C29H31Cl2FN4O4. The molecule has 1 aliphatic carbocycles. The van der Waals surface area contributed by atoms with E-state index in [4.69, 9.17) is 32.8 Å². The second-order valence-electron chi connectivity index (χ2n) is 9.91. The summed E-state index contributed by atoms with van der Waals surface area (Å²) < 4.78 is 19.7. The number of aromatic nitrogens is 2. The van der Waals surface area contributed by atoms with Gasteiger partial charge in [-0.2, -0.15) is 5.48 Å². The molecular weight excluding hydrogens is 558 g/mol. The zero-order valence-electron chi connectivity index (χ0n) is 22.4. The van der Waals surface area contributed by atoms with Crippen LogP contribution in [0.5, 0.6) is 5.75 Å². The topological polar surface area (TPSA) is 93.6 Å². The molecule has 2 heterocycles. The van der Waals surface area contributed by atoms with Crippen LogP contribution in [0, 0.1) is 11.7 Å². The van der Waals surface area contributed by atoms with Gasteiger partial charge in [-0.25, -0.2) is 14.2 Å². The van der Waals surface area contributed by atoms with E-state index in [1.165, 1.54) is 6.07 Å². The van der Waals surface area contributed by atoms with Crippen LogP contribution in [0.2, 0.25) is 10.0 Å². The highest BCUT2D eigenvalue weighted by Gasteiger charge is 2.24. The Morgan fingerprint density at radius 1 is 1.05 bits per heavy atom. The predicted molar refractivity (Wildman–Crippen MR) is 152 cm³/mol. The molecule has 40 heavy (non-hydrogen) atoms. The first-order valence-electron chi connectivity index (χ1n) is 13.1. The molecule has 0 unspecified atom stereocenters. The fourth-order valence-corrected chi connectivity index (χ4v) is 4.93. The summed E-state index contributed by atoms with van der Waals surface area (Å²) in [6.07, 6.45) is 6.35. The van der Waals surface area contributed by atoms with E-state index in [0.717, 1.165) is 57.3 Å². The summed E-state index contributed by atoms with van der Waals surface area (Å²) in [5, 5.41) is 0.493. The third-order valence-electron chi connectivity index (χ3n) is 6.59. The Labute approximate surface area is 242 Å². The van der Waals surface area contributed by atoms with Gasteiger partial charge in [-0.1, -0.05) is 48.5 Å². The zero-order chi connectivity index (χ0) is 28.6. The van der Waals surface area contributed by atoms with Gasteiger partial charge in [0, 0.05) is 17.7 Å². The predicted octanol–water partition coefficient (Wildman–Crippen LogP) is 6.36. The largest absolute Gasteiger partial charge is 0.492 e. The minimum atomic E-state index is -0.691. The first-order valence-corrected chi connectivity index (χ1v) is 13.9. The molecule has 1 fully saturated rings. The Morgan fingerprint density at radius 3 is 2.55 bits per heavy atom. The van der Waals surface area contributed by atoms with E-state index in [1.807, 2.05) is 14.1 Å². The van der Waals surface area contributed by atoms with Gasteiger partial charge in [0.2, 0.25) is 0 Å². The number of amides is 1. The molecule has 8 nitrogen and oxygen atoms in total. The SMILES string of the molecule is CN(C)CCCOc1cc(-c2nc(C(=O)NOC(=O)C3CCCCC3)ccc2-c2ncc(F)cc2Cl)ccc1Cl. The van der Waals surface area contributed by atoms with E-state index in [2.05, 4.69) is 20.3 Å². The van der Waals surface area contributed by atoms with Crippen LogP contribution in [0.3, 0.4) is 0 Å². The Kier molecular flexibility index (Phi) is 10.3. The van der Waals surface area contributed by atoms with Crippen LogP contribution < -0.4 is 10.2 Å². The number of hydrogen-bond donors (Lipinski definition) is 1. The maximum Gasteiger partial charge on any atom is 0.335 e. The molecule has 0 saturated heterocycles. The quantitative estimate of drug-likeness (QED) is 0.230. The first-order chi connectivity index (χ1) is 19.2. The number of carbonyl (C=O) groups excluding carboxylic acids is 2. The van der Waals surface area contributed by atoms with Crippen LogP contribution in [0.1, 0.15) is 49.0 Å². The van der Waals surface area contributed by atoms with Crippen LogP contribution in [0.25, 0.3) is 22.5 Å². The van der Waals surface area contributed by atoms with Gasteiger partial charge in [-0.15, -0.1) is 0 Å². The number of benzene rings is 1. The lowest BCUT2D eigenvalue weighted by Crippen LogP contribution is -2.31. The summed E-state index contributed by atoms with van der Waals surface area (Å²) in [6.45, 7) is 1.29. The molecule has 0 radical (unpaired) electrons.